The number of aryl methyl sites for hydroxylation is 1. The summed E-state index contributed by atoms with van der Waals surface area (Å²) in [4.78, 5) is 13.4. The van der Waals surface area contributed by atoms with Gasteiger partial charge in [0.25, 0.3) is 5.88 Å². The van der Waals surface area contributed by atoms with Crippen molar-refractivity contribution in [3.8, 4) is 5.88 Å². The van der Waals surface area contributed by atoms with Gasteiger partial charge in [-0.2, -0.15) is 0 Å². The van der Waals surface area contributed by atoms with Crippen LogP contribution in [0.5, 0.6) is 5.88 Å². The van der Waals surface area contributed by atoms with E-state index in [1.807, 2.05) is 0 Å². The first-order chi connectivity index (χ1) is 6.79. The summed E-state index contributed by atoms with van der Waals surface area (Å²) >= 11 is 0. The highest BCUT2D eigenvalue weighted by atomic mass is 16.6. The topological polar surface area (TPSA) is 65.3 Å². The Morgan fingerprint density at radius 1 is 1.83 bits per heavy atom. The summed E-state index contributed by atoms with van der Waals surface area (Å²) in [6, 6.07) is 1.20. The van der Waals surface area contributed by atoms with Gasteiger partial charge in [-0.05, 0) is 12.5 Å². The van der Waals surface area contributed by atoms with Gasteiger partial charge in [0, 0.05) is 12.3 Å². The molecule has 0 saturated heterocycles. The molecule has 0 radical (unpaired) electrons. The van der Waals surface area contributed by atoms with E-state index in [1.165, 1.54) is 12.3 Å². The van der Waals surface area contributed by atoms with Crippen LogP contribution in [-0.2, 0) is 0 Å². The molecule has 1 aromatic heterocycles. The summed E-state index contributed by atoms with van der Waals surface area (Å²) in [6.45, 7) is 1.61. The maximum atomic E-state index is 10.6. The lowest BCUT2D eigenvalue weighted by Crippen LogP contribution is -1.96. The van der Waals surface area contributed by atoms with Gasteiger partial charge in [-0.15, -0.1) is 0 Å². The lowest BCUT2D eigenvalue weighted by atomic mass is 10.3. The molecule has 64 valence electrons. The summed E-state index contributed by atoms with van der Waals surface area (Å²) < 4.78 is 24.8. The standard InChI is InChI=1S/C7H8N2O3/c1-5-3-6(9(10)11)7(12-2)8-4-5/h3-4H,1-2H3/i2D3. The minimum absolute atomic E-state index is 0.453. The van der Waals surface area contributed by atoms with E-state index < -0.39 is 23.5 Å². The second kappa shape index (κ2) is 3.17. The average molecular weight is 171 g/mol. The Morgan fingerprint density at radius 2 is 2.58 bits per heavy atom. The first-order valence-electron chi connectivity index (χ1n) is 4.59. The monoisotopic (exact) mass is 171 g/mol. The summed E-state index contributed by atoms with van der Waals surface area (Å²) in [5.74, 6) is -0.495. The molecule has 0 aliphatic rings. The summed E-state index contributed by atoms with van der Waals surface area (Å²) in [5, 5.41) is 10.6. The van der Waals surface area contributed by atoms with Gasteiger partial charge in [-0.3, -0.25) is 10.1 Å². The van der Waals surface area contributed by atoms with Crippen molar-refractivity contribution in [2.45, 2.75) is 6.92 Å². The number of rotatable bonds is 2. The molecule has 0 atom stereocenters. The molecule has 0 aromatic carbocycles. The number of ether oxygens (including phenoxy) is 1. The number of hydrogen-bond acceptors (Lipinski definition) is 4. The third-order valence-corrected chi connectivity index (χ3v) is 1.26. The van der Waals surface area contributed by atoms with Crippen LogP contribution in [0.4, 0.5) is 5.69 Å². The molecule has 1 heterocycles. The Bertz CT molecular complexity index is 392. The Labute approximate surface area is 73.4 Å². The molecule has 0 N–H and O–H groups in total. The highest BCUT2D eigenvalue weighted by Gasteiger charge is 2.15. The summed E-state index contributed by atoms with van der Waals surface area (Å²) in [5.41, 5.74) is 0.103. The van der Waals surface area contributed by atoms with Crippen molar-refractivity contribution in [3.05, 3.63) is 27.9 Å². The molecule has 0 saturated carbocycles. The zero-order chi connectivity index (χ0) is 11.6. The zero-order valence-electron chi connectivity index (χ0n) is 9.27. The molecule has 0 spiro atoms. The Morgan fingerprint density at radius 3 is 3.17 bits per heavy atom. The van der Waals surface area contributed by atoms with E-state index in [0.717, 1.165) is 0 Å². The normalized spacial score (nSPS) is 14.2. The highest BCUT2D eigenvalue weighted by Crippen LogP contribution is 2.23. The van der Waals surface area contributed by atoms with Crippen molar-refractivity contribution in [2.24, 2.45) is 0 Å². The van der Waals surface area contributed by atoms with Gasteiger partial charge in [0.15, 0.2) is 0 Å². The lowest BCUT2D eigenvalue weighted by molar-refractivity contribution is -0.386. The number of pyridine rings is 1. The van der Waals surface area contributed by atoms with Crippen LogP contribution in [0.1, 0.15) is 9.68 Å². The SMILES string of the molecule is [2H]C([2H])([2H])Oc1ncc(C)cc1[N+](=O)[O-]. The molecule has 0 fully saturated rings. The second-order valence-electron chi connectivity index (χ2n) is 2.20. The number of nitro groups is 1. The fourth-order valence-electron chi connectivity index (χ4n) is 0.751. The quantitative estimate of drug-likeness (QED) is 0.497. The van der Waals surface area contributed by atoms with E-state index in [-0.39, 0.29) is 0 Å². The molecular formula is C7H8N2O3. The third kappa shape index (κ3) is 1.50. The van der Waals surface area contributed by atoms with Gasteiger partial charge in [-0.25, -0.2) is 4.98 Å². The molecule has 5 nitrogen and oxygen atoms in total. The summed E-state index contributed by atoms with van der Waals surface area (Å²) in [6.07, 6.45) is 1.30. The molecule has 0 amide bonds. The van der Waals surface area contributed by atoms with Crippen LogP contribution in [-0.4, -0.2) is 16.9 Å². The van der Waals surface area contributed by atoms with Gasteiger partial charge in [0.05, 0.1) is 16.1 Å². The van der Waals surface area contributed by atoms with E-state index in [1.54, 1.807) is 6.92 Å². The van der Waals surface area contributed by atoms with Gasteiger partial charge in [-0.1, -0.05) is 0 Å². The highest BCUT2D eigenvalue weighted by molar-refractivity contribution is 5.42. The van der Waals surface area contributed by atoms with Crippen LogP contribution < -0.4 is 4.74 Å². The van der Waals surface area contributed by atoms with E-state index in [9.17, 15) is 10.1 Å². The smallest absolute Gasteiger partial charge is 0.331 e. The van der Waals surface area contributed by atoms with Crippen LogP contribution in [0, 0.1) is 17.0 Å². The van der Waals surface area contributed by atoms with Gasteiger partial charge in [0.1, 0.15) is 0 Å². The minimum atomic E-state index is -2.74. The third-order valence-electron chi connectivity index (χ3n) is 1.26. The Kier molecular flexibility index (Phi) is 1.34. The van der Waals surface area contributed by atoms with Crippen LogP contribution in [0.2, 0.25) is 0 Å². The Hall–Kier alpha value is -1.65. The molecular weight excluding hydrogens is 160 g/mol. The molecule has 0 aliphatic carbocycles. The fraction of sp³-hybridized carbons (Fsp3) is 0.286. The average Bonchev–Trinajstić information content (AvgIpc) is 2.05. The van der Waals surface area contributed by atoms with Gasteiger partial charge < -0.3 is 4.74 Å². The van der Waals surface area contributed by atoms with E-state index in [2.05, 4.69) is 9.72 Å². The number of hydrogen-bond donors (Lipinski definition) is 0. The molecule has 0 bridgehead atoms. The first kappa shape index (κ1) is 5.08. The van der Waals surface area contributed by atoms with Crippen molar-refractivity contribution >= 4 is 5.69 Å². The maximum absolute atomic E-state index is 10.6. The number of methoxy groups -OCH3 is 1. The number of nitrogens with zero attached hydrogens (tertiary/aromatic N) is 2. The van der Waals surface area contributed by atoms with Crippen molar-refractivity contribution in [3.63, 3.8) is 0 Å². The molecule has 1 aromatic rings. The molecule has 0 unspecified atom stereocenters. The van der Waals surface area contributed by atoms with E-state index in [0.29, 0.717) is 5.56 Å². The largest absolute Gasteiger partial charge is 0.476 e. The molecule has 5 heteroatoms. The van der Waals surface area contributed by atoms with Crippen LogP contribution >= 0.6 is 0 Å². The summed E-state index contributed by atoms with van der Waals surface area (Å²) in [7, 11) is -2.74. The maximum Gasteiger partial charge on any atom is 0.331 e. The van der Waals surface area contributed by atoms with Crippen molar-refractivity contribution in [1.29, 1.82) is 0 Å². The van der Waals surface area contributed by atoms with Crippen molar-refractivity contribution in [1.82, 2.24) is 4.98 Å². The van der Waals surface area contributed by atoms with E-state index in [4.69, 9.17) is 4.11 Å². The molecule has 0 aliphatic heterocycles. The van der Waals surface area contributed by atoms with Gasteiger partial charge in [0.2, 0.25) is 0 Å². The van der Waals surface area contributed by atoms with Crippen molar-refractivity contribution in [2.75, 3.05) is 7.04 Å². The molecule has 12 heavy (non-hydrogen) atoms. The van der Waals surface area contributed by atoms with Crippen LogP contribution in [0.25, 0.3) is 0 Å². The van der Waals surface area contributed by atoms with Crippen LogP contribution in [0.3, 0.4) is 0 Å². The van der Waals surface area contributed by atoms with E-state index >= 15 is 0 Å². The van der Waals surface area contributed by atoms with Gasteiger partial charge >= 0.3 is 5.69 Å². The predicted octanol–water partition coefficient (Wildman–Crippen LogP) is 1.31. The first-order valence-corrected chi connectivity index (χ1v) is 3.09. The fourth-order valence-corrected chi connectivity index (χ4v) is 0.751. The number of aromatic nitrogens is 1. The molecule has 1 rings (SSSR count). The van der Waals surface area contributed by atoms with Crippen LogP contribution in [0.15, 0.2) is 12.3 Å². The minimum Gasteiger partial charge on any atom is -0.476 e. The lowest BCUT2D eigenvalue weighted by Gasteiger charge is -1.99. The van der Waals surface area contributed by atoms with Crippen molar-refractivity contribution < 1.29 is 13.8 Å². The second-order valence-corrected chi connectivity index (χ2v) is 2.20. The predicted molar refractivity (Wildman–Crippen MR) is 42.2 cm³/mol. The zero-order valence-corrected chi connectivity index (χ0v) is 6.27. The Balaban J connectivity index is 3.12.